The quantitative estimate of drug-likeness (QED) is 0.647. The van der Waals surface area contributed by atoms with E-state index >= 15 is 0 Å². The number of fused-ring (bicyclic) bond motifs is 1. The Morgan fingerprint density at radius 1 is 1.19 bits per heavy atom. The van der Waals surface area contributed by atoms with Gasteiger partial charge >= 0.3 is 12.1 Å². The summed E-state index contributed by atoms with van der Waals surface area (Å²) >= 11 is 1.38. The summed E-state index contributed by atoms with van der Waals surface area (Å²) in [5.74, 6) is -2.87. The van der Waals surface area contributed by atoms with Crippen molar-refractivity contribution in [2.75, 3.05) is 13.1 Å². The van der Waals surface area contributed by atoms with E-state index in [1.807, 2.05) is 26.0 Å². The summed E-state index contributed by atoms with van der Waals surface area (Å²) in [6.07, 6.45) is -1.72. The van der Waals surface area contributed by atoms with Gasteiger partial charge in [0.1, 0.15) is 5.69 Å². The Labute approximate surface area is 178 Å². The van der Waals surface area contributed by atoms with Crippen molar-refractivity contribution in [1.29, 1.82) is 0 Å². The largest absolute Gasteiger partial charge is 0.490 e. The van der Waals surface area contributed by atoms with Crippen molar-refractivity contribution in [2.45, 2.75) is 20.0 Å². The van der Waals surface area contributed by atoms with Gasteiger partial charge in [0.05, 0.1) is 15.6 Å². The van der Waals surface area contributed by atoms with Crippen LogP contribution in [0.4, 0.5) is 13.2 Å². The van der Waals surface area contributed by atoms with E-state index < -0.39 is 12.1 Å². The van der Waals surface area contributed by atoms with Crippen LogP contribution in [0.3, 0.4) is 0 Å². The number of pyridine rings is 1. The van der Waals surface area contributed by atoms with Crippen LogP contribution >= 0.6 is 11.3 Å². The molecule has 3 aromatic rings. The molecule has 0 fully saturated rings. The summed E-state index contributed by atoms with van der Waals surface area (Å²) in [6, 6.07) is 3.69. The summed E-state index contributed by atoms with van der Waals surface area (Å²) in [5, 5.41) is 13.7. The molecule has 0 saturated carbocycles. The molecule has 31 heavy (non-hydrogen) atoms. The summed E-state index contributed by atoms with van der Waals surface area (Å²) in [5.41, 5.74) is 1.77. The Morgan fingerprint density at radius 2 is 1.74 bits per heavy atom. The van der Waals surface area contributed by atoms with E-state index in [0.29, 0.717) is 29.7 Å². The minimum Gasteiger partial charge on any atom is -0.475 e. The summed E-state index contributed by atoms with van der Waals surface area (Å²) in [4.78, 5) is 40.0. The molecule has 0 aliphatic carbocycles. The minimum absolute atomic E-state index is 0.116. The molecule has 0 bridgehead atoms. The molecule has 1 N–H and O–H groups in total. The predicted molar refractivity (Wildman–Crippen MR) is 109 cm³/mol. The Hall–Kier alpha value is -3.28. The van der Waals surface area contributed by atoms with Gasteiger partial charge in [0.15, 0.2) is 0 Å². The summed E-state index contributed by atoms with van der Waals surface area (Å²) in [6.45, 7) is 5.07. The highest BCUT2D eigenvalue weighted by atomic mass is 32.1. The second kappa shape index (κ2) is 9.69. The molecule has 3 aromatic heterocycles. The van der Waals surface area contributed by atoms with Crippen LogP contribution < -0.4 is 5.56 Å². The molecule has 166 valence electrons. The highest BCUT2D eigenvalue weighted by molar-refractivity contribution is 7.18. The normalized spacial score (nSPS) is 11.0. The molecule has 0 saturated heterocycles. The van der Waals surface area contributed by atoms with E-state index in [0.717, 1.165) is 10.3 Å². The number of hydrogen-bond donors (Lipinski definition) is 1. The average Bonchev–Trinajstić information content (AvgIpc) is 3.17. The van der Waals surface area contributed by atoms with Crippen LogP contribution in [0, 0.1) is 0 Å². The first-order valence-corrected chi connectivity index (χ1v) is 9.89. The number of carboxylic acid groups (broad SMARTS) is 1. The Morgan fingerprint density at radius 3 is 2.23 bits per heavy atom. The molecule has 0 spiro atoms. The van der Waals surface area contributed by atoms with Gasteiger partial charge in [-0.25, -0.2) is 9.48 Å². The van der Waals surface area contributed by atoms with E-state index in [1.165, 1.54) is 16.0 Å². The SMILES string of the molecule is CCN(CC)C(=O)c1csc2c(-c3ccncc3)nn(C)c(=O)c12.O=C(O)C(F)(F)F. The number of nitrogens with zero attached hydrogens (tertiary/aromatic N) is 4. The maximum absolute atomic E-state index is 12.7. The lowest BCUT2D eigenvalue weighted by Crippen LogP contribution is -2.31. The van der Waals surface area contributed by atoms with Gasteiger partial charge in [-0.3, -0.25) is 14.6 Å². The van der Waals surface area contributed by atoms with Crippen molar-refractivity contribution in [3.05, 3.63) is 45.8 Å². The predicted octanol–water partition coefficient (Wildman–Crippen LogP) is 3.17. The molecule has 0 atom stereocenters. The number of halogens is 3. The van der Waals surface area contributed by atoms with Crippen molar-refractivity contribution in [3.63, 3.8) is 0 Å². The fraction of sp³-hybridized carbons (Fsp3) is 0.316. The molecule has 3 rings (SSSR count). The van der Waals surface area contributed by atoms with Crippen LogP contribution in [0.5, 0.6) is 0 Å². The van der Waals surface area contributed by atoms with Gasteiger partial charge in [-0.05, 0) is 26.0 Å². The topological polar surface area (TPSA) is 105 Å². The minimum atomic E-state index is -5.08. The van der Waals surface area contributed by atoms with E-state index in [4.69, 9.17) is 9.90 Å². The lowest BCUT2D eigenvalue weighted by atomic mass is 10.1. The van der Waals surface area contributed by atoms with Gasteiger partial charge in [0.2, 0.25) is 0 Å². The standard InChI is InChI=1S/C17H18N4O2S.C2HF3O2/c1-4-21(5-2)16(22)12-10-24-15-13(12)17(23)20(3)19-14(15)11-6-8-18-9-7-11;3-2(4,5)1(6)7/h6-10H,4-5H2,1-3H3;(H,6,7). The van der Waals surface area contributed by atoms with Crippen LogP contribution in [0.25, 0.3) is 21.3 Å². The average molecular weight is 456 g/mol. The molecule has 0 aliphatic rings. The monoisotopic (exact) mass is 456 g/mol. The molecule has 0 unspecified atom stereocenters. The van der Waals surface area contributed by atoms with Crippen LogP contribution in [-0.2, 0) is 11.8 Å². The van der Waals surface area contributed by atoms with Gasteiger partial charge < -0.3 is 10.0 Å². The fourth-order valence-electron chi connectivity index (χ4n) is 2.68. The van der Waals surface area contributed by atoms with Gasteiger partial charge in [-0.15, -0.1) is 11.3 Å². The zero-order chi connectivity index (χ0) is 23.3. The van der Waals surface area contributed by atoms with Crippen LogP contribution in [0.2, 0.25) is 0 Å². The van der Waals surface area contributed by atoms with Crippen molar-refractivity contribution in [2.24, 2.45) is 7.05 Å². The fourth-order valence-corrected chi connectivity index (χ4v) is 3.72. The lowest BCUT2D eigenvalue weighted by molar-refractivity contribution is -0.192. The maximum Gasteiger partial charge on any atom is 0.490 e. The number of alkyl halides is 3. The summed E-state index contributed by atoms with van der Waals surface area (Å²) in [7, 11) is 1.61. The maximum atomic E-state index is 12.7. The molecule has 0 aliphatic heterocycles. The molecular weight excluding hydrogens is 437 g/mol. The van der Waals surface area contributed by atoms with Gasteiger partial charge in [-0.2, -0.15) is 18.3 Å². The van der Waals surface area contributed by atoms with E-state index in [1.54, 1.807) is 29.7 Å². The Bertz CT molecular complexity index is 1140. The number of aromatic nitrogens is 3. The highest BCUT2D eigenvalue weighted by Gasteiger charge is 2.38. The van der Waals surface area contributed by atoms with Gasteiger partial charge in [0.25, 0.3) is 11.5 Å². The second-order valence-corrected chi connectivity index (χ2v) is 7.03. The van der Waals surface area contributed by atoms with E-state index in [2.05, 4.69) is 10.1 Å². The number of thiophene rings is 1. The van der Waals surface area contributed by atoms with Crippen molar-refractivity contribution >= 4 is 33.3 Å². The number of carbonyl (C=O) groups excluding carboxylic acids is 1. The third-order valence-electron chi connectivity index (χ3n) is 4.24. The molecule has 12 heteroatoms. The molecule has 1 amide bonds. The van der Waals surface area contributed by atoms with Gasteiger partial charge in [-0.1, -0.05) is 0 Å². The van der Waals surface area contributed by atoms with Crippen LogP contribution in [-0.4, -0.2) is 55.9 Å². The lowest BCUT2D eigenvalue weighted by Gasteiger charge is -2.18. The van der Waals surface area contributed by atoms with Crippen LogP contribution in [0.1, 0.15) is 24.2 Å². The second-order valence-electron chi connectivity index (χ2n) is 6.15. The number of amides is 1. The highest BCUT2D eigenvalue weighted by Crippen LogP contribution is 2.31. The zero-order valence-electron chi connectivity index (χ0n) is 16.8. The van der Waals surface area contributed by atoms with Crippen molar-refractivity contribution < 1.29 is 27.9 Å². The molecule has 0 radical (unpaired) electrons. The van der Waals surface area contributed by atoms with Crippen LogP contribution in [0.15, 0.2) is 34.7 Å². The molecule has 3 heterocycles. The smallest absolute Gasteiger partial charge is 0.475 e. The van der Waals surface area contributed by atoms with Crippen molar-refractivity contribution in [3.8, 4) is 11.3 Å². The Balaban J connectivity index is 0.000000423. The first-order valence-electron chi connectivity index (χ1n) is 9.01. The number of aryl methyl sites for hydroxylation is 1. The number of rotatable bonds is 4. The first-order chi connectivity index (χ1) is 14.5. The summed E-state index contributed by atoms with van der Waals surface area (Å²) < 4.78 is 33.8. The molecule has 0 aromatic carbocycles. The zero-order valence-corrected chi connectivity index (χ0v) is 17.6. The number of hydrogen-bond acceptors (Lipinski definition) is 6. The number of carboxylic acids is 1. The first kappa shape index (κ1) is 24.0. The Kier molecular flexibility index (Phi) is 7.50. The molecular formula is C19H19F3N4O4S. The van der Waals surface area contributed by atoms with Crippen molar-refractivity contribution in [1.82, 2.24) is 19.7 Å². The third-order valence-corrected chi connectivity index (χ3v) is 5.23. The number of carbonyl (C=O) groups is 2. The molecule has 8 nitrogen and oxygen atoms in total. The van der Waals surface area contributed by atoms with Gasteiger partial charge in [0, 0.05) is 43.5 Å². The van der Waals surface area contributed by atoms with E-state index in [-0.39, 0.29) is 11.5 Å². The van der Waals surface area contributed by atoms with E-state index in [9.17, 15) is 22.8 Å². The number of aliphatic carboxylic acids is 1. The third kappa shape index (κ3) is 5.26.